The standard InChI is InChI=1S/C23H25N7O4/c1-3-17(15-7-5-4-6-8-15)27-22(33)30-19(21(32)29(2)23-28-26-13-34-23)16(20(30)31)11-14-9-10-25-18(24)12-14/h4-10,12-13,16-17,19H,3,11H2,1-2H3,(H2,24,25)(H,27,33)/t16-,17-,19+/m1/s1. The summed E-state index contributed by atoms with van der Waals surface area (Å²) in [5.41, 5.74) is 7.40. The Hall–Kier alpha value is -4.28. The van der Waals surface area contributed by atoms with Gasteiger partial charge in [-0.05, 0) is 36.1 Å². The van der Waals surface area contributed by atoms with Gasteiger partial charge in [0.15, 0.2) is 0 Å². The summed E-state index contributed by atoms with van der Waals surface area (Å²) in [6, 6.07) is 10.8. The number of urea groups is 1. The van der Waals surface area contributed by atoms with Crippen molar-refractivity contribution in [3.05, 3.63) is 66.2 Å². The Bertz CT molecular complexity index is 1170. The Morgan fingerprint density at radius 2 is 2.03 bits per heavy atom. The molecule has 0 radical (unpaired) electrons. The quantitative estimate of drug-likeness (QED) is 0.505. The number of carbonyl (C=O) groups excluding carboxylic acids is 3. The second-order valence-electron chi connectivity index (χ2n) is 7.99. The molecule has 4 amide bonds. The monoisotopic (exact) mass is 463 g/mol. The lowest BCUT2D eigenvalue weighted by atomic mass is 9.81. The first kappa shape index (κ1) is 22.9. The van der Waals surface area contributed by atoms with Crippen LogP contribution >= 0.6 is 0 Å². The molecule has 1 aromatic carbocycles. The third kappa shape index (κ3) is 4.45. The molecule has 4 rings (SSSR count). The topological polar surface area (TPSA) is 148 Å². The third-order valence-electron chi connectivity index (χ3n) is 5.86. The SMILES string of the molecule is CC[C@@H](NC(=O)N1C(=O)[C@H](Cc2ccnc(N)c2)[C@H]1C(=O)N(C)c1nnco1)c1ccccc1. The van der Waals surface area contributed by atoms with Crippen molar-refractivity contribution in [3.63, 3.8) is 0 Å². The lowest BCUT2D eigenvalue weighted by Gasteiger charge is -2.45. The summed E-state index contributed by atoms with van der Waals surface area (Å²) < 4.78 is 5.12. The molecule has 1 aliphatic heterocycles. The molecule has 176 valence electrons. The molecule has 11 heteroatoms. The van der Waals surface area contributed by atoms with E-state index in [1.807, 2.05) is 37.3 Å². The van der Waals surface area contributed by atoms with E-state index < -0.39 is 29.8 Å². The number of imide groups is 1. The van der Waals surface area contributed by atoms with Crippen LogP contribution < -0.4 is 16.0 Å². The molecule has 0 saturated carbocycles. The fourth-order valence-corrected chi connectivity index (χ4v) is 4.06. The maximum Gasteiger partial charge on any atom is 0.325 e. The number of pyridine rings is 1. The van der Waals surface area contributed by atoms with Crippen molar-refractivity contribution in [1.82, 2.24) is 25.4 Å². The van der Waals surface area contributed by atoms with E-state index in [4.69, 9.17) is 10.2 Å². The summed E-state index contributed by atoms with van der Waals surface area (Å²) >= 11 is 0. The molecule has 2 aromatic heterocycles. The van der Waals surface area contributed by atoms with Gasteiger partial charge in [0.2, 0.25) is 12.3 Å². The van der Waals surface area contributed by atoms with Gasteiger partial charge in [0.05, 0.1) is 12.0 Å². The molecular weight excluding hydrogens is 438 g/mol. The van der Waals surface area contributed by atoms with E-state index in [0.29, 0.717) is 12.2 Å². The number of hydrogen-bond acceptors (Lipinski definition) is 8. The van der Waals surface area contributed by atoms with Gasteiger partial charge in [-0.15, -0.1) is 5.10 Å². The molecule has 3 heterocycles. The number of nitrogens with one attached hydrogen (secondary N) is 1. The van der Waals surface area contributed by atoms with Crippen molar-refractivity contribution >= 4 is 29.7 Å². The van der Waals surface area contributed by atoms with Crippen LogP contribution in [0.2, 0.25) is 0 Å². The van der Waals surface area contributed by atoms with E-state index in [-0.39, 0.29) is 18.5 Å². The van der Waals surface area contributed by atoms with Crippen molar-refractivity contribution in [2.24, 2.45) is 5.92 Å². The normalized spacial score (nSPS) is 18.2. The Morgan fingerprint density at radius 3 is 2.68 bits per heavy atom. The zero-order chi connectivity index (χ0) is 24.2. The fourth-order valence-electron chi connectivity index (χ4n) is 4.06. The molecular formula is C23H25N7O4. The van der Waals surface area contributed by atoms with E-state index in [0.717, 1.165) is 27.3 Å². The predicted molar refractivity (Wildman–Crippen MR) is 122 cm³/mol. The van der Waals surface area contributed by atoms with Crippen LogP contribution in [0.3, 0.4) is 0 Å². The maximum atomic E-state index is 13.4. The van der Waals surface area contributed by atoms with Gasteiger partial charge in [-0.2, -0.15) is 0 Å². The molecule has 11 nitrogen and oxygen atoms in total. The molecule has 3 atom stereocenters. The molecule has 1 fully saturated rings. The molecule has 3 N–H and O–H groups in total. The summed E-state index contributed by atoms with van der Waals surface area (Å²) in [4.78, 5) is 45.7. The number of benzene rings is 1. The van der Waals surface area contributed by atoms with Gasteiger partial charge in [0.25, 0.3) is 5.91 Å². The van der Waals surface area contributed by atoms with Gasteiger partial charge < -0.3 is 15.5 Å². The van der Waals surface area contributed by atoms with E-state index in [2.05, 4.69) is 20.5 Å². The van der Waals surface area contributed by atoms with Crippen LogP contribution in [-0.2, 0) is 16.0 Å². The molecule has 1 saturated heterocycles. The zero-order valence-corrected chi connectivity index (χ0v) is 18.8. The van der Waals surface area contributed by atoms with Gasteiger partial charge >= 0.3 is 12.0 Å². The highest BCUT2D eigenvalue weighted by atomic mass is 16.4. The van der Waals surface area contributed by atoms with Crippen molar-refractivity contribution < 1.29 is 18.8 Å². The number of likely N-dealkylation sites (N-methyl/N-ethyl adjacent to an activating group) is 1. The Kier molecular flexibility index (Phi) is 6.53. The highest BCUT2D eigenvalue weighted by Crippen LogP contribution is 2.33. The van der Waals surface area contributed by atoms with Crippen LogP contribution in [0.15, 0.2) is 59.5 Å². The number of aromatic nitrogens is 3. The summed E-state index contributed by atoms with van der Waals surface area (Å²) in [7, 11) is 1.45. The number of anilines is 2. The van der Waals surface area contributed by atoms with Crippen molar-refractivity contribution in [2.45, 2.75) is 31.8 Å². The summed E-state index contributed by atoms with van der Waals surface area (Å²) in [6.07, 6.45) is 3.46. The number of rotatable bonds is 7. The molecule has 1 aliphatic rings. The highest BCUT2D eigenvalue weighted by Gasteiger charge is 2.55. The third-order valence-corrected chi connectivity index (χ3v) is 5.86. The summed E-state index contributed by atoms with van der Waals surface area (Å²) in [6.45, 7) is 1.93. The fraction of sp³-hybridized carbons (Fsp3) is 0.304. The van der Waals surface area contributed by atoms with E-state index in [1.54, 1.807) is 12.1 Å². The lowest BCUT2D eigenvalue weighted by Crippen LogP contribution is -2.70. The predicted octanol–water partition coefficient (Wildman–Crippen LogP) is 1.94. The van der Waals surface area contributed by atoms with E-state index in [9.17, 15) is 14.4 Å². The van der Waals surface area contributed by atoms with Crippen LogP contribution in [-0.4, -0.2) is 51.0 Å². The Labute approximate surface area is 196 Å². The second-order valence-corrected chi connectivity index (χ2v) is 7.99. The number of amides is 4. The Morgan fingerprint density at radius 1 is 1.26 bits per heavy atom. The van der Waals surface area contributed by atoms with Gasteiger partial charge in [0, 0.05) is 13.2 Å². The molecule has 0 unspecified atom stereocenters. The molecule has 0 spiro atoms. The number of likely N-dealkylation sites (tertiary alicyclic amines) is 1. The van der Waals surface area contributed by atoms with Crippen LogP contribution in [0.1, 0.15) is 30.5 Å². The van der Waals surface area contributed by atoms with Crippen molar-refractivity contribution in [2.75, 3.05) is 17.7 Å². The highest BCUT2D eigenvalue weighted by molar-refractivity contribution is 6.12. The average Bonchev–Trinajstić information content (AvgIpc) is 3.39. The van der Waals surface area contributed by atoms with Crippen LogP contribution in [0.5, 0.6) is 0 Å². The number of β-lactam (4-membered cyclic amide) rings is 1. The van der Waals surface area contributed by atoms with Crippen LogP contribution in [0.25, 0.3) is 0 Å². The average molecular weight is 463 g/mol. The number of carbonyl (C=O) groups is 3. The van der Waals surface area contributed by atoms with E-state index >= 15 is 0 Å². The molecule has 3 aromatic rings. The smallest absolute Gasteiger partial charge is 0.325 e. The van der Waals surface area contributed by atoms with Crippen molar-refractivity contribution in [1.29, 1.82) is 0 Å². The van der Waals surface area contributed by atoms with Gasteiger partial charge in [-0.3, -0.25) is 19.4 Å². The minimum Gasteiger partial charge on any atom is -0.411 e. The van der Waals surface area contributed by atoms with Crippen molar-refractivity contribution in [3.8, 4) is 0 Å². The zero-order valence-electron chi connectivity index (χ0n) is 18.8. The lowest BCUT2D eigenvalue weighted by molar-refractivity contribution is -0.156. The summed E-state index contributed by atoms with van der Waals surface area (Å²) in [5.74, 6) is -1.42. The number of hydrogen-bond donors (Lipinski definition) is 2. The summed E-state index contributed by atoms with van der Waals surface area (Å²) in [5, 5.41) is 10.2. The maximum absolute atomic E-state index is 13.4. The van der Waals surface area contributed by atoms with Gasteiger partial charge in [0.1, 0.15) is 11.9 Å². The largest absolute Gasteiger partial charge is 0.411 e. The minimum atomic E-state index is -1.05. The number of nitrogen functional groups attached to an aromatic ring is 1. The number of nitrogens with two attached hydrogens (primary N) is 1. The van der Waals surface area contributed by atoms with E-state index in [1.165, 1.54) is 13.2 Å². The number of nitrogens with zero attached hydrogens (tertiary/aromatic N) is 5. The first-order valence-electron chi connectivity index (χ1n) is 10.8. The second kappa shape index (κ2) is 9.69. The minimum absolute atomic E-state index is 0.0349. The molecule has 0 aliphatic carbocycles. The molecule has 34 heavy (non-hydrogen) atoms. The van der Waals surface area contributed by atoms with Crippen LogP contribution in [0.4, 0.5) is 16.6 Å². The Balaban J connectivity index is 1.58. The van der Waals surface area contributed by atoms with Crippen LogP contribution in [0, 0.1) is 5.92 Å². The van der Waals surface area contributed by atoms with Gasteiger partial charge in [-0.25, -0.2) is 9.78 Å². The first-order chi connectivity index (χ1) is 16.4. The first-order valence-corrected chi connectivity index (χ1v) is 10.8. The van der Waals surface area contributed by atoms with Gasteiger partial charge in [-0.1, -0.05) is 42.4 Å². The molecule has 0 bridgehead atoms.